The molecule has 3 aliphatic heterocycles. The Morgan fingerprint density at radius 3 is 2.83 bits per heavy atom. The smallest absolute Gasteiger partial charge is 0.344 e. The first-order valence-electron chi connectivity index (χ1n) is 8.47. The number of ether oxygens (including phenoxy) is 2. The van der Waals surface area contributed by atoms with Crippen LogP contribution in [0.1, 0.15) is 16.8 Å². The van der Waals surface area contributed by atoms with Gasteiger partial charge < -0.3 is 35.2 Å². The number of aryl methyl sites for hydroxylation is 1. The summed E-state index contributed by atoms with van der Waals surface area (Å²) in [6.07, 6.45) is -0.660. The van der Waals surface area contributed by atoms with Gasteiger partial charge in [0, 0.05) is 18.2 Å². The number of esters is 1. The molecule has 3 saturated heterocycles. The molecule has 0 spiro atoms. The van der Waals surface area contributed by atoms with Gasteiger partial charge in [-0.2, -0.15) is 0 Å². The molecule has 5 N–H and O–H groups in total. The lowest BCUT2D eigenvalue weighted by molar-refractivity contribution is -0.262. The average Bonchev–Trinajstić information content (AvgIpc) is 3.20. The van der Waals surface area contributed by atoms with Gasteiger partial charge in [0.05, 0.1) is 17.2 Å². The summed E-state index contributed by atoms with van der Waals surface area (Å²) in [6.45, 7) is 1.20. The van der Waals surface area contributed by atoms with E-state index in [0.717, 1.165) is 11.8 Å². The Morgan fingerprint density at radius 2 is 2.17 bits per heavy atom. The average molecular weight is 440 g/mol. The van der Waals surface area contributed by atoms with Crippen LogP contribution in [-0.2, 0) is 25.5 Å². The number of aromatic hydroxyl groups is 1. The van der Waals surface area contributed by atoms with Gasteiger partial charge in [-0.3, -0.25) is 9.78 Å². The van der Waals surface area contributed by atoms with Crippen molar-refractivity contribution in [2.45, 2.75) is 36.9 Å². The summed E-state index contributed by atoms with van der Waals surface area (Å²) in [4.78, 5) is 28.6. The van der Waals surface area contributed by atoms with Crippen molar-refractivity contribution in [2.75, 3.05) is 6.61 Å². The van der Waals surface area contributed by atoms with E-state index in [9.17, 15) is 30.0 Å². The van der Waals surface area contributed by atoms with Crippen molar-refractivity contribution in [3.63, 3.8) is 0 Å². The lowest BCUT2D eigenvalue weighted by Crippen LogP contribution is -2.59. The molecule has 3 aliphatic rings. The highest BCUT2D eigenvalue weighted by Crippen LogP contribution is 2.45. The summed E-state index contributed by atoms with van der Waals surface area (Å²) in [5.41, 5.74) is -2.06. The Hall–Kier alpha value is -2.09. The number of hydrogen-bond acceptors (Lipinski definition) is 11. The summed E-state index contributed by atoms with van der Waals surface area (Å²) >= 11 is 5.94. The standard InChI is InChI=1S/C17H16N2O8S2/c1-6-11(21)8(2-10-13(22)19-15(28)29-10)7(4-18-6)3-16(24)14(23)27-12-9(20)5-26-17(12,16)25/h2,4,9,12,20-21,24-25H,3,5H2,1H3,(H,19,22,28)/b10-2-/t9?,12-,16-,17+/m1/s1. The zero-order valence-electron chi connectivity index (χ0n) is 14.9. The number of rotatable bonds is 3. The van der Waals surface area contributed by atoms with E-state index in [0.29, 0.717) is 0 Å². The second kappa shape index (κ2) is 6.72. The number of aromatic nitrogens is 1. The molecule has 0 aliphatic carbocycles. The quantitative estimate of drug-likeness (QED) is 0.220. The fraction of sp³-hybridized carbons (Fsp3) is 0.412. The summed E-state index contributed by atoms with van der Waals surface area (Å²) in [5, 5.41) is 44.6. The van der Waals surface area contributed by atoms with Crippen molar-refractivity contribution in [1.29, 1.82) is 0 Å². The van der Waals surface area contributed by atoms with Gasteiger partial charge in [0.1, 0.15) is 16.2 Å². The molecule has 12 heteroatoms. The van der Waals surface area contributed by atoms with Crippen molar-refractivity contribution in [3.05, 3.63) is 27.9 Å². The molecule has 10 nitrogen and oxygen atoms in total. The first kappa shape index (κ1) is 20.2. The number of carbonyl (C=O) groups is 2. The third kappa shape index (κ3) is 2.95. The van der Waals surface area contributed by atoms with Crippen molar-refractivity contribution >= 4 is 46.3 Å². The molecular formula is C17H16N2O8S2. The number of thioether (sulfide) groups is 1. The molecule has 1 unspecified atom stereocenters. The van der Waals surface area contributed by atoms with Crippen LogP contribution in [0.4, 0.5) is 0 Å². The number of nitrogens with zero attached hydrogens (tertiary/aromatic N) is 1. The summed E-state index contributed by atoms with van der Waals surface area (Å²) in [5.74, 6) is -4.39. The van der Waals surface area contributed by atoms with Crippen molar-refractivity contribution in [2.24, 2.45) is 0 Å². The SMILES string of the molecule is Cc1ncc(C[C@@]2(O)C(=O)O[C@@H]3C(O)CO[C@@]32O)c(/C=C2\SC(=S)NC2=O)c1O. The van der Waals surface area contributed by atoms with Crippen molar-refractivity contribution < 1.29 is 39.5 Å². The third-order valence-corrected chi connectivity index (χ3v) is 6.26. The molecule has 0 aromatic carbocycles. The number of carbonyl (C=O) groups excluding carboxylic acids is 2. The minimum Gasteiger partial charge on any atom is -0.505 e. The number of pyridine rings is 1. The van der Waals surface area contributed by atoms with E-state index in [4.69, 9.17) is 21.7 Å². The molecule has 0 saturated carbocycles. The van der Waals surface area contributed by atoms with Gasteiger partial charge in [-0.25, -0.2) is 4.79 Å². The molecule has 1 amide bonds. The normalized spacial score (nSPS) is 35.2. The van der Waals surface area contributed by atoms with Gasteiger partial charge in [0.15, 0.2) is 6.10 Å². The second-order valence-electron chi connectivity index (χ2n) is 6.92. The molecule has 0 bridgehead atoms. The topological polar surface area (TPSA) is 158 Å². The van der Waals surface area contributed by atoms with Gasteiger partial charge in [0.2, 0.25) is 11.4 Å². The number of amides is 1. The van der Waals surface area contributed by atoms with Crippen LogP contribution in [-0.4, -0.2) is 71.8 Å². The van der Waals surface area contributed by atoms with E-state index in [-0.39, 0.29) is 38.4 Å². The fourth-order valence-corrected chi connectivity index (χ4v) is 4.52. The van der Waals surface area contributed by atoms with Crippen LogP contribution in [0.5, 0.6) is 5.75 Å². The molecule has 1 aromatic rings. The van der Waals surface area contributed by atoms with Crippen molar-refractivity contribution in [1.82, 2.24) is 10.3 Å². The Balaban J connectivity index is 1.78. The van der Waals surface area contributed by atoms with Gasteiger partial charge >= 0.3 is 5.97 Å². The molecule has 154 valence electrons. The van der Waals surface area contributed by atoms with Crippen LogP contribution >= 0.6 is 24.0 Å². The summed E-state index contributed by atoms with van der Waals surface area (Å²) in [7, 11) is 0. The van der Waals surface area contributed by atoms with Crippen LogP contribution in [0.15, 0.2) is 11.1 Å². The zero-order valence-corrected chi connectivity index (χ0v) is 16.5. The Kier molecular flexibility index (Phi) is 4.68. The Bertz CT molecular complexity index is 982. The van der Waals surface area contributed by atoms with Gasteiger partial charge in [0.25, 0.3) is 5.91 Å². The lowest BCUT2D eigenvalue weighted by Gasteiger charge is -2.32. The van der Waals surface area contributed by atoms with E-state index in [1.807, 2.05) is 0 Å². The number of aliphatic hydroxyl groups excluding tert-OH is 1. The maximum Gasteiger partial charge on any atom is 0.344 e. The van der Waals surface area contributed by atoms with Gasteiger partial charge in [-0.1, -0.05) is 24.0 Å². The molecule has 4 rings (SSSR count). The molecule has 3 fully saturated rings. The number of aliphatic hydroxyl groups is 3. The lowest BCUT2D eigenvalue weighted by atomic mass is 9.84. The van der Waals surface area contributed by atoms with E-state index >= 15 is 0 Å². The number of thiocarbonyl (C=S) groups is 1. The molecular weight excluding hydrogens is 424 g/mol. The maximum absolute atomic E-state index is 12.4. The number of hydrogen-bond donors (Lipinski definition) is 5. The molecule has 4 heterocycles. The zero-order chi connectivity index (χ0) is 21.1. The van der Waals surface area contributed by atoms with Crippen LogP contribution < -0.4 is 5.32 Å². The first-order valence-corrected chi connectivity index (χ1v) is 9.69. The molecule has 29 heavy (non-hydrogen) atoms. The van der Waals surface area contributed by atoms with Gasteiger partial charge in [-0.15, -0.1) is 0 Å². The Morgan fingerprint density at radius 1 is 1.45 bits per heavy atom. The second-order valence-corrected chi connectivity index (χ2v) is 8.64. The summed E-state index contributed by atoms with van der Waals surface area (Å²) < 4.78 is 10.3. The van der Waals surface area contributed by atoms with Crippen LogP contribution in [0.3, 0.4) is 0 Å². The van der Waals surface area contributed by atoms with E-state index in [1.165, 1.54) is 19.2 Å². The summed E-state index contributed by atoms with van der Waals surface area (Å²) in [6, 6.07) is 0. The van der Waals surface area contributed by atoms with Gasteiger partial charge in [-0.05, 0) is 18.6 Å². The van der Waals surface area contributed by atoms with Crippen LogP contribution in [0.25, 0.3) is 6.08 Å². The first-order chi connectivity index (χ1) is 13.6. The molecule has 4 atom stereocenters. The minimum atomic E-state index is -2.56. The van der Waals surface area contributed by atoms with E-state index in [1.54, 1.807) is 0 Å². The highest BCUT2D eigenvalue weighted by molar-refractivity contribution is 8.26. The fourth-order valence-electron chi connectivity index (χ4n) is 3.50. The predicted molar refractivity (Wildman–Crippen MR) is 102 cm³/mol. The Labute approximate surface area is 173 Å². The van der Waals surface area contributed by atoms with Crippen molar-refractivity contribution in [3.8, 4) is 5.75 Å². The van der Waals surface area contributed by atoms with E-state index in [2.05, 4.69) is 10.3 Å². The van der Waals surface area contributed by atoms with Crippen LogP contribution in [0, 0.1) is 6.92 Å². The number of fused-ring (bicyclic) bond motifs is 1. The predicted octanol–water partition coefficient (Wildman–Crippen LogP) is -1.14. The minimum absolute atomic E-state index is 0.117. The highest BCUT2D eigenvalue weighted by atomic mass is 32.2. The number of nitrogens with one attached hydrogen (secondary N) is 1. The maximum atomic E-state index is 12.4. The largest absolute Gasteiger partial charge is 0.505 e. The third-order valence-electron chi connectivity index (χ3n) is 5.10. The molecule has 0 radical (unpaired) electrons. The highest BCUT2D eigenvalue weighted by Gasteiger charge is 2.73. The van der Waals surface area contributed by atoms with E-state index < -0.39 is 41.9 Å². The molecule has 1 aromatic heterocycles. The monoisotopic (exact) mass is 440 g/mol. The van der Waals surface area contributed by atoms with Crippen LogP contribution in [0.2, 0.25) is 0 Å².